The average Bonchev–Trinajstić information content (AvgIpc) is 2.90. The molecule has 0 amide bonds. The van der Waals surface area contributed by atoms with E-state index in [-0.39, 0.29) is 5.41 Å². The Balaban J connectivity index is 1.93. The van der Waals surface area contributed by atoms with Crippen LogP contribution in [0.25, 0.3) is 0 Å². The zero-order chi connectivity index (χ0) is 14.6. The van der Waals surface area contributed by atoms with Gasteiger partial charge in [0, 0.05) is 12.6 Å². The van der Waals surface area contributed by atoms with E-state index in [4.69, 9.17) is 4.74 Å². The van der Waals surface area contributed by atoms with Crippen molar-refractivity contribution in [1.29, 1.82) is 0 Å². The minimum Gasteiger partial charge on any atom is -0.378 e. The second kappa shape index (κ2) is 6.73. The van der Waals surface area contributed by atoms with Crippen LogP contribution in [0.3, 0.4) is 0 Å². The lowest BCUT2D eigenvalue weighted by Crippen LogP contribution is -2.31. The van der Waals surface area contributed by atoms with E-state index in [2.05, 4.69) is 57.4 Å². The summed E-state index contributed by atoms with van der Waals surface area (Å²) in [5.74, 6) is 0. The molecule has 1 heterocycles. The number of likely N-dealkylation sites (N-methyl/N-ethyl adjacent to an activating group) is 1. The summed E-state index contributed by atoms with van der Waals surface area (Å²) in [6, 6.07) is 9.61. The molecule has 2 heteroatoms. The standard InChI is InChI=1S/C18H29NO/c1-18(2,3)15-9-7-14(8-10-15)12-16(19-4)13-17-6-5-11-20-17/h7-10,16-17,19H,5-6,11-13H2,1-4H3. The Labute approximate surface area is 123 Å². The van der Waals surface area contributed by atoms with Crippen molar-refractivity contribution in [2.24, 2.45) is 0 Å². The Hall–Kier alpha value is -0.860. The number of hydrogen-bond acceptors (Lipinski definition) is 2. The Morgan fingerprint density at radius 3 is 2.45 bits per heavy atom. The molecule has 1 aliphatic rings. The molecule has 0 aromatic heterocycles. The predicted molar refractivity (Wildman–Crippen MR) is 85.3 cm³/mol. The lowest BCUT2D eigenvalue weighted by atomic mass is 9.86. The molecule has 1 saturated heterocycles. The minimum atomic E-state index is 0.235. The molecule has 1 aromatic carbocycles. The van der Waals surface area contributed by atoms with Crippen molar-refractivity contribution >= 4 is 0 Å². The average molecular weight is 275 g/mol. The summed E-state index contributed by atoms with van der Waals surface area (Å²) in [6.07, 6.45) is 5.11. The van der Waals surface area contributed by atoms with Crippen LogP contribution in [0.1, 0.15) is 51.2 Å². The van der Waals surface area contributed by atoms with E-state index >= 15 is 0 Å². The Morgan fingerprint density at radius 2 is 1.95 bits per heavy atom. The van der Waals surface area contributed by atoms with E-state index in [1.54, 1.807) is 0 Å². The second-order valence-electron chi connectivity index (χ2n) is 7.01. The van der Waals surface area contributed by atoms with Crippen LogP contribution in [0, 0.1) is 0 Å². The maximum absolute atomic E-state index is 5.75. The molecule has 2 unspecified atom stereocenters. The van der Waals surface area contributed by atoms with Crippen LogP contribution in [0.5, 0.6) is 0 Å². The van der Waals surface area contributed by atoms with Crippen molar-refractivity contribution in [1.82, 2.24) is 5.32 Å². The van der Waals surface area contributed by atoms with Crippen molar-refractivity contribution in [2.75, 3.05) is 13.7 Å². The predicted octanol–water partition coefficient (Wildman–Crippen LogP) is 3.68. The third-order valence-electron chi connectivity index (χ3n) is 4.28. The molecule has 1 N–H and O–H groups in total. The van der Waals surface area contributed by atoms with Gasteiger partial charge >= 0.3 is 0 Å². The lowest BCUT2D eigenvalue weighted by molar-refractivity contribution is 0.0954. The van der Waals surface area contributed by atoms with Crippen LogP contribution in [0.15, 0.2) is 24.3 Å². The van der Waals surface area contributed by atoms with Crippen molar-refractivity contribution in [3.8, 4) is 0 Å². The summed E-state index contributed by atoms with van der Waals surface area (Å²) in [6.45, 7) is 7.73. The number of rotatable bonds is 5. The molecule has 20 heavy (non-hydrogen) atoms. The number of hydrogen-bond donors (Lipinski definition) is 1. The minimum absolute atomic E-state index is 0.235. The topological polar surface area (TPSA) is 21.3 Å². The molecule has 0 bridgehead atoms. The second-order valence-corrected chi connectivity index (χ2v) is 7.01. The van der Waals surface area contributed by atoms with Gasteiger partial charge in [-0.15, -0.1) is 0 Å². The van der Waals surface area contributed by atoms with Gasteiger partial charge in [-0.2, -0.15) is 0 Å². The van der Waals surface area contributed by atoms with Crippen molar-refractivity contribution < 1.29 is 4.74 Å². The highest BCUT2D eigenvalue weighted by molar-refractivity contribution is 5.28. The van der Waals surface area contributed by atoms with E-state index in [0.717, 1.165) is 19.4 Å². The van der Waals surface area contributed by atoms with Crippen LogP contribution in [0.2, 0.25) is 0 Å². The fourth-order valence-electron chi connectivity index (χ4n) is 2.88. The quantitative estimate of drug-likeness (QED) is 0.885. The van der Waals surface area contributed by atoms with Crippen molar-refractivity contribution in [3.05, 3.63) is 35.4 Å². The van der Waals surface area contributed by atoms with Crippen LogP contribution in [0.4, 0.5) is 0 Å². The molecular formula is C18H29NO. The van der Waals surface area contributed by atoms with Gasteiger partial charge in [-0.1, -0.05) is 45.0 Å². The third kappa shape index (κ3) is 4.32. The molecule has 112 valence electrons. The molecule has 1 aromatic rings. The van der Waals surface area contributed by atoms with Crippen LogP contribution < -0.4 is 5.32 Å². The lowest BCUT2D eigenvalue weighted by Gasteiger charge is -2.22. The van der Waals surface area contributed by atoms with Gasteiger partial charge in [0.1, 0.15) is 0 Å². The van der Waals surface area contributed by atoms with Gasteiger partial charge < -0.3 is 10.1 Å². The molecular weight excluding hydrogens is 246 g/mol. The highest BCUT2D eigenvalue weighted by atomic mass is 16.5. The first kappa shape index (κ1) is 15.5. The van der Waals surface area contributed by atoms with Crippen molar-refractivity contribution in [2.45, 2.75) is 64.0 Å². The Kier molecular flexibility index (Phi) is 5.22. The highest BCUT2D eigenvalue weighted by Crippen LogP contribution is 2.23. The molecule has 0 spiro atoms. The van der Waals surface area contributed by atoms with Gasteiger partial charge in [0.2, 0.25) is 0 Å². The Morgan fingerprint density at radius 1 is 1.25 bits per heavy atom. The van der Waals surface area contributed by atoms with Crippen LogP contribution >= 0.6 is 0 Å². The number of nitrogens with one attached hydrogen (secondary N) is 1. The summed E-state index contributed by atoms with van der Waals surface area (Å²) in [5.41, 5.74) is 3.05. The van der Waals surface area contributed by atoms with Gasteiger partial charge in [0.25, 0.3) is 0 Å². The van der Waals surface area contributed by atoms with Gasteiger partial charge in [-0.05, 0) is 49.3 Å². The Bertz CT molecular complexity index is 398. The summed E-state index contributed by atoms with van der Waals surface area (Å²) >= 11 is 0. The van der Waals surface area contributed by atoms with E-state index in [9.17, 15) is 0 Å². The zero-order valence-corrected chi connectivity index (χ0v) is 13.4. The van der Waals surface area contributed by atoms with E-state index in [1.165, 1.54) is 24.0 Å². The van der Waals surface area contributed by atoms with Crippen molar-refractivity contribution in [3.63, 3.8) is 0 Å². The number of ether oxygens (including phenoxy) is 1. The smallest absolute Gasteiger partial charge is 0.0590 e. The van der Waals surface area contributed by atoms with Gasteiger partial charge in [-0.3, -0.25) is 0 Å². The normalized spacial score (nSPS) is 21.1. The SMILES string of the molecule is CNC(Cc1ccc(C(C)(C)C)cc1)CC1CCCO1. The van der Waals surface area contributed by atoms with E-state index in [1.807, 2.05) is 0 Å². The molecule has 1 fully saturated rings. The largest absolute Gasteiger partial charge is 0.378 e. The molecule has 0 saturated carbocycles. The molecule has 2 rings (SSSR count). The number of benzene rings is 1. The van der Waals surface area contributed by atoms with Gasteiger partial charge in [-0.25, -0.2) is 0 Å². The molecule has 1 aliphatic heterocycles. The van der Waals surface area contributed by atoms with E-state index < -0.39 is 0 Å². The summed E-state index contributed by atoms with van der Waals surface area (Å²) in [7, 11) is 2.06. The van der Waals surface area contributed by atoms with Gasteiger partial charge in [0.05, 0.1) is 6.10 Å². The first-order chi connectivity index (χ1) is 9.49. The monoisotopic (exact) mass is 275 g/mol. The fourth-order valence-corrected chi connectivity index (χ4v) is 2.88. The van der Waals surface area contributed by atoms with Crippen LogP contribution in [-0.2, 0) is 16.6 Å². The molecule has 0 aliphatic carbocycles. The first-order valence-corrected chi connectivity index (χ1v) is 7.87. The molecule has 2 atom stereocenters. The van der Waals surface area contributed by atoms with E-state index in [0.29, 0.717) is 12.1 Å². The third-order valence-corrected chi connectivity index (χ3v) is 4.28. The summed E-state index contributed by atoms with van der Waals surface area (Å²) < 4.78 is 5.75. The zero-order valence-electron chi connectivity index (χ0n) is 13.4. The maximum Gasteiger partial charge on any atom is 0.0590 e. The molecule has 2 nitrogen and oxygen atoms in total. The van der Waals surface area contributed by atoms with Crippen LogP contribution in [-0.4, -0.2) is 25.8 Å². The summed E-state index contributed by atoms with van der Waals surface area (Å²) in [5, 5.41) is 3.44. The molecule has 0 radical (unpaired) electrons. The van der Waals surface area contributed by atoms with Gasteiger partial charge in [0.15, 0.2) is 0 Å². The first-order valence-electron chi connectivity index (χ1n) is 7.87. The fraction of sp³-hybridized carbons (Fsp3) is 0.667. The summed E-state index contributed by atoms with van der Waals surface area (Å²) in [4.78, 5) is 0. The maximum atomic E-state index is 5.75. The highest BCUT2D eigenvalue weighted by Gasteiger charge is 2.20.